The highest BCUT2D eigenvalue weighted by Gasteiger charge is 2.40. The number of hydrogen-bond donors (Lipinski definition) is 2. The number of amides is 2. The summed E-state index contributed by atoms with van der Waals surface area (Å²) in [6.45, 7) is 21.0. The van der Waals surface area contributed by atoms with E-state index >= 15 is 0 Å². The van der Waals surface area contributed by atoms with E-state index in [1.165, 1.54) is 17.2 Å². The molecule has 0 saturated carbocycles. The summed E-state index contributed by atoms with van der Waals surface area (Å²) in [5, 5.41) is 11.8. The van der Waals surface area contributed by atoms with Gasteiger partial charge in [0.25, 0.3) is 8.32 Å². The molecule has 1 heterocycles. The van der Waals surface area contributed by atoms with E-state index < -0.39 is 44.2 Å². The van der Waals surface area contributed by atoms with Gasteiger partial charge in [0, 0.05) is 24.9 Å². The van der Waals surface area contributed by atoms with Gasteiger partial charge >= 0.3 is 18.0 Å². The van der Waals surface area contributed by atoms with Crippen LogP contribution in [0, 0.1) is 5.92 Å². The average molecular weight is 691 g/mol. The van der Waals surface area contributed by atoms with Crippen molar-refractivity contribution in [2.75, 3.05) is 26.3 Å². The predicted octanol–water partition coefficient (Wildman–Crippen LogP) is 6.51. The third kappa shape index (κ3) is 14.0. The Morgan fingerprint density at radius 1 is 0.875 bits per heavy atom. The molecule has 1 aromatic carbocycles. The fourth-order valence-electron chi connectivity index (χ4n) is 4.20. The predicted molar refractivity (Wildman–Crippen MR) is 185 cm³/mol. The lowest BCUT2D eigenvalue weighted by Gasteiger charge is -2.37. The minimum atomic E-state index is -2.43. The van der Waals surface area contributed by atoms with Crippen LogP contribution in [0.25, 0.3) is 5.76 Å². The summed E-state index contributed by atoms with van der Waals surface area (Å²) in [4.78, 5) is 50.3. The molecule has 0 spiro atoms. The first-order valence-electron chi connectivity index (χ1n) is 16.2. The molecule has 13 heteroatoms. The lowest BCUT2D eigenvalue weighted by Crippen LogP contribution is -2.40. The molecule has 1 fully saturated rings. The van der Waals surface area contributed by atoms with Crippen LogP contribution in [0.4, 0.5) is 4.79 Å². The van der Waals surface area contributed by atoms with Crippen molar-refractivity contribution in [2.45, 2.75) is 104 Å². The molecule has 2 rings (SSSR count). The highest BCUT2D eigenvalue weighted by molar-refractivity contribution is 6.74. The second kappa shape index (κ2) is 16.4. The molecular formula is C35H54N2O10Si. The van der Waals surface area contributed by atoms with Gasteiger partial charge in [-0.15, -0.1) is 0 Å². The largest absolute Gasteiger partial charge is 0.542 e. The second-order valence-electron chi connectivity index (χ2n) is 15.3. The Morgan fingerprint density at radius 3 is 1.88 bits per heavy atom. The number of allylic oxidation sites excluding steroid dienone is 1. The first kappa shape index (κ1) is 40.2. The van der Waals surface area contributed by atoms with E-state index in [9.17, 15) is 24.3 Å². The average Bonchev–Trinajstić information content (AvgIpc) is 2.94. The molecular weight excluding hydrogens is 636 g/mol. The molecule has 268 valence electrons. The molecule has 48 heavy (non-hydrogen) atoms. The quantitative estimate of drug-likeness (QED) is 0.108. The number of likely N-dealkylation sites (tertiary alicyclic amines) is 1. The number of carbonyl (C=O) groups is 4. The first-order chi connectivity index (χ1) is 22.0. The zero-order valence-electron chi connectivity index (χ0n) is 30.4. The summed E-state index contributed by atoms with van der Waals surface area (Å²) >= 11 is 0. The summed E-state index contributed by atoms with van der Waals surface area (Å²) in [5.41, 5.74) is -0.874. The van der Waals surface area contributed by atoms with E-state index in [4.69, 9.17) is 23.4 Å². The number of ether oxygens (including phenoxy) is 4. The monoisotopic (exact) mass is 690 g/mol. The number of nitrogens with one attached hydrogen (secondary N) is 1. The Bertz CT molecular complexity index is 1360. The Hall–Kier alpha value is -4.00. The molecule has 1 aliphatic heterocycles. The SMILES string of the molecule is CC(C)(C)OC(=O)COc1ccc(C(=CNC(=O)C=CC2CCN(C(=O)O)CC2)O[Si](C)(C)C(C)(C)C)cc1OCC(=O)OC(C)(C)C. The molecule has 0 radical (unpaired) electrons. The lowest BCUT2D eigenvalue weighted by atomic mass is 9.96. The van der Waals surface area contributed by atoms with Crippen LogP contribution in [0.3, 0.4) is 0 Å². The topological polar surface area (TPSA) is 150 Å². The second-order valence-corrected chi connectivity index (χ2v) is 20.0. The van der Waals surface area contributed by atoms with Crippen LogP contribution in [0.2, 0.25) is 18.1 Å². The van der Waals surface area contributed by atoms with Gasteiger partial charge in [-0.1, -0.05) is 26.8 Å². The van der Waals surface area contributed by atoms with E-state index in [-0.39, 0.29) is 35.0 Å². The van der Waals surface area contributed by atoms with Crippen molar-refractivity contribution in [3.8, 4) is 11.5 Å². The highest BCUT2D eigenvalue weighted by atomic mass is 28.4. The Kier molecular flexibility index (Phi) is 13.7. The maximum absolute atomic E-state index is 12.9. The van der Waals surface area contributed by atoms with Crippen molar-refractivity contribution in [2.24, 2.45) is 5.92 Å². The molecule has 1 aliphatic rings. The van der Waals surface area contributed by atoms with Gasteiger partial charge in [0.2, 0.25) is 5.91 Å². The molecule has 2 N–H and O–H groups in total. The first-order valence-corrected chi connectivity index (χ1v) is 19.1. The number of nitrogens with zero attached hydrogens (tertiary/aromatic N) is 1. The van der Waals surface area contributed by atoms with Crippen molar-refractivity contribution in [1.82, 2.24) is 10.2 Å². The third-order valence-electron chi connectivity index (χ3n) is 7.61. The van der Waals surface area contributed by atoms with Crippen molar-refractivity contribution in [3.63, 3.8) is 0 Å². The number of piperidine rings is 1. The Labute approximate surface area is 285 Å². The normalized spacial score (nSPS) is 15.1. The summed E-state index contributed by atoms with van der Waals surface area (Å²) < 4.78 is 29.0. The van der Waals surface area contributed by atoms with Crippen molar-refractivity contribution in [1.29, 1.82) is 0 Å². The molecule has 0 atom stereocenters. The van der Waals surface area contributed by atoms with Crippen molar-refractivity contribution < 1.29 is 47.7 Å². The fraction of sp³-hybridized carbons (Fsp3) is 0.600. The Balaban J connectivity index is 2.39. The van der Waals surface area contributed by atoms with Gasteiger partial charge in [-0.3, -0.25) is 4.79 Å². The van der Waals surface area contributed by atoms with E-state index in [1.807, 2.05) is 0 Å². The smallest absolute Gasteiger partial charge is 0.407 e. The molecule has 12 nitrogen and oxygen atoms in total. The zero-order valence-corrected chi connectivity index (χ0v) is 31.4. The summed E-state index contributed by atoms with van der Waals surface area (Å²) in [5.74, 6) is -0.714. The molecule has 0 aliphatic carbocycles. The molecule has 0 unspecified atom stereocenters. The van der Waals surface area contributed by atoms with E-state index in [0.717, 1.165) is 0 Å². The van der Waals surface area contributed by atoms with Crippen LogP contribution in [-0.4, -0.2) is 79.8 Å². The lowest BCUT2D eigenvalue weighted by molar-refractivity contribution is -0.158. The molecule has 1 saturated heterocycles. The van der Waals surface area contributed by atoms with Gasteiger partial charge in [0.1, 0.15) is 17.0 Å². The summed E-state index contributed by atoms with van der Waals surface area (Å²) in [6.07, 6.45) is 5.09. The van der Waals surface area contributed by atoms with Crippen LogP contribution < -0.4 is 14.8 Å². The fourth-order valence-corrected chi connectivity index (χ4v) is 5.23. The van der Waals surface area contributed by atoms with Crippen LogP contribution >= 0.6 is 0 Å². The van der Waals surface area contributed by atoms with Gasteiger partial charge in [-0.25, -0.2) is 14.4 Å². The van der Waals surface area contributed by atoms with Crippen LogP contribution in [0.5, 0.6) is 11.5 Å². The van der Waals surface area contributed by atoms with Crippen molar-refractivity contribution >= 4 is 38.0 Å². The van der Waals surface area contributed by atoms with Crippen molar-refractivity contribution in [3.05, 3.63) is 42.1 Å². The minimum absolute atomic E-state index is 0.0937. The zero-order chi connectivity index (χ0) is 36.5. The number of carboxylic acid groups (broad SMARTS) is 1. The number of benzene rings is 1. The van der Waals surface area contributed by atoms with Gasteiger partial charge < -0.3 is 38.7 Å². The van der Waals surface area contributed by atoms with Crippen LogP contribution in [-0.2, 0) is 28.3 Å². The maximum Gasteiger partial charge on any atom is 0.407 e. The number of esters is 2. The number of rotatable bonds is 12. The van der Waals surface area contributed by atoms with E-state index in [2.05, 4.69) is 39.2 Å². The van der Waals surface area contributed by atoms with Gasteiger partial charge in [0.05, 0.1) is 0 Å². The number of hydrogen-bond acceptors (Lipinski definition) is 9. The Morgan fingerprint density at radius 2 is 1.40 bits per heavy atom. The molecule has 0 aromatic heterocycles. The van der Waals surface area contributed by atoms with E-state index in [1.54, 1.807) is 65.8 Å². The molecule has 1 aromatic rings. The number of carbonyl (C=O) groups excluding carboxylic acids is 3. The summed E-state index contributed by atoms with van der Waals surface area (Å²) in [6, 6.07) is 4.92. The summed E-state index contributed by atoms with van der Waals surface area (Å²) in [7, 11) is -2.43. The molecule has 2 amide bonds. The highest BCUT2D eigenvalue weighted by Crippen LogP contribution is 2.40. The van der Waals surface area contributed by atoms with Gasteiger partial charge in [0.15, 0.2) is 24.7 Å². The van der Waals surface area contributed by atoms with Gasteiger partial charge in [-0.05, 0) is 103 Å². The van der Waals surface area contributed by atoms with Gasteiger partial charge in [-0.2, -0.15) is 0 Å². The minimum Gasteiger partial charge on any atom is -0.542 e. The standard InChI is InChI=1S/C35H54N2O10Si/c1-33(2,3)45-30(39)22-43-26-14-13-25(20-27(26)44-23-31(40)46-34(4,5)6)28(47-48(10,11)35(7,8)9)21-36-29(38)15-12-24-16-18-37(19-17-24)32(41)42/h12-15,20-21,24H,16-19,22-23H2,1-11H3,(H,36,38)(H,41,42). The van der Waals surface area contributed by atoms with E-state index in [0.29, 0.717) is 37.3 Å². The molecule has 0 bridgehead atoms. The third-order valence-corrected chi connectivity index (χ3v) is 11.9. The maximum atomic E-state index is 12.9. The van der Waals surface area contributed by atoms with Crippen LogP contribution in [0.1, 0.15) is 80.7 Å². The van der Waals surface area contributed by atoms with Crippen LogP contribution in [0.15, 0.2) is 36.6 Å².